The molecule has 0 bridgehead atoms. The summed E-state index contributed by atoms with van der Waals surface area (Å²) >= 11 is 3.20. The molecule has 0 aliphatic carbocycles. The third-order valence-electron chi connectivity index (χ3n) is 4.05. The summed E-state index contributed by atoms with van der Waals surface area (Å²) in [6.07, 6.45) is -4.85. The van der Waals surface area contributed by atoms with Gasteiger partial charge in [0.2, 0.25) is 0 Å². The zero-order valence-corrected chi connectivity index (χ0v) is 20.2. The second-order valence-electron chi connectivity index (χ2n) is 6.06. The predicted octanol–water partition coefficient (Wildman–Crippen LogP) is 7.54. The third kappa shape index (κ3) is 7.35. The van der Waals surface area contributed by atoms with Crippen molar-refractivity contribution in [1.82, 2.24) is 0 Å². The first-order chi connectivity index (χ1) is 15.5. The number of carbonyl (C=O) groups excluding carboxylic acids is 1. The summed E-state index contributed by atoms with van der Waals surface area (Å²) in [5, 5.41) is 0. The molecule has 0 fully saturated rings. The van der Waals surface area contributed by atoms with Gasteiger partial charge in [-0.25, -0.2) is 9.69 Å². The van der Waals surface area contributed by atoms with Crippen LogP contribution in [0.4, 0.5) is 27.6 Å². The fourth-order valence-corrected chi connectivity index (χ4v) is 3.60. The lowest BCUT2D eigenvalue weighted by atomic mass is 9.95. The van der Waals surface area contributed by atoms with Crippen molar-refractivity contribution in [3.8, 4) is 28.8 Å². The van der Waals surface area contributed by atoms with Gasteiger partial charge < -0.3 is 9.47 Å². The standard InChI is InChI=1S/C21H17BrF5NO3.C2H6/c1-4-10-28(20(23)24)18-12(3)15(11-16(17(18)22)19(29)30-5-2)13-6-8-14(9-7-13)31-21(25,26)27;1-2/h6-9,11,20H,5H2,1-3H3;1-2H3. The second-order valence-corrected chi connectivity index (χ2v) is 6.85. The number of hydrogen-bond donors (Lipinski definition) is 0. The van der Waals surface area contributed by atoms with Gasteiger partial charge in [-0.1, -0.05) is 31.9 Å². The van der Waals surface area contributed by atoms with E-state index in [0.717, 1.165) is 12.1 Å². The smallest absolute Gasteiger partial charge is 0.462 e. The minimum absolute atomic E-state index is 0.0309. The van der Waals surface area contributed by atoms with E-state index in [9.17, 15) is 26.7 Å². The molecule has 0 aromatic heterocycles. The first-order valence-electron chi connectivity index (χ1n) is 9.86. The average molecular weight is 536 g/mol. The molecular weight excluding hydrogens is 513 g/mol. The van der Waals surface area contributed by atoms with Gasteiger partial charge >= 0.3 is 18.9 Å². The quantitative estimate of drug-likeness (QED) is 0.126. The van der Waals surface area contributed by atoms with Gasteiger partial charge in [0.15, 0.2) is 0 Å². The van der Waals surface area contributed by atoms with Crippen LogP contribution in [0, 0.1) is 18.9 Å². The molecule has 0 radical (unpaired) electrons. The van der Waals surface area contributed by atoms with Crippen LogP contribution in [0.3, 0.4) is 0 Å². The number of ether oxygens (including phenoxy) is 2. The van der Waals surface area contributed by atoms with Crippen molar-refractivity contribution in [2.45, 2.75) is 47.5 Å². The third-order valence-corrected chi connectivity index (χ3v) is 4.86. The summed E-state index contributed by atoms with van der Waals surface area (Å²) in [5.41, 5.74) is 0.956. The van der Waals surface area contributed by atoms with Crippen LogP contribution in [0.1, 0.15) is 43.6 Å². The van der Waals surface area contributed by atoms with Crippen LogP contribution < -0.4 is 9.64 Å². The zero-order valence-electron chi connectivity index (χ0n) is 18.6. The molecule has 180 valence electrons. The average Bonchev–Trinajstić information content (AvgIpc) is 2.74. The van der Waals surface area contributed by atoms with E-state index in [2.05, 4.69) is 32.6 Å². The van der Waals surface area contributed by atoms with Gasteiger partial charge in [0.1, 0.15) is 5.75 Å². The number of esters is 1. The molecular formula is C23H23BrF5NO3. The van der Waals surface area contributed by atoms with Crippen molar-refractivity contribution in [2.75, 3.05) is 11.5 Å². The van der Waals surface area contributed by atoms with Gasteiger partial charge in [-0.3, -0.25) is 0 Å². The van der Waals surface area contributed by atoms with E-state index in [0.29, 0.717) is 21.6 Å². The molecule has 33 heavy (non-hydrogen) atoms. The Balaban J connectivity index is 0.00000265. The zero-order chi connectivity index (χ0) is 25.3. The van der Waals surface area contributed by atoms with E-state index in [4.69, 9.17) is 4.74 Å². The largest absolute Gasteiger partial charge is 0.573 e. The Kier molecular flexibility index (Phi) is 10.6. The molecule has 0 N–H and O–H groups in total. The number of hydrogen-bond acceptors (Lipinski definition) is 4. The van der Waals surface area contributed by atoms with Crippen LogP contribution in [0.25, 0.3) is 11.1 Å². The van der Waals surface area contributed by atoms with Crippen molar-refractivity contribution in [2.24, 2.45) is 0 Å². The summed E-state index contributed by atoms with van der Waals surface area (Å²) in [4.78, 5) is 12.9. The van der Waals surface area contributed by atoms with Crippen molar-refractivity contribution < 1.29 is 36.2 Å². The summed E-state index contributed by atoms with van der Waals surface area (Å²) in [5.74, 6) is 1.20. The van der Waals surface area contributed by atoms with Gasteiger partial charge in [0.25, 0.3) is 0 Å². The van der Waals surface area contributed by atoms with Crippen LogP contribution in [-0.2, 0) is 4.74 Å². The molecule has 0 unspecified atom stereocenters. The Bertz CT molecular complexity index is 1010. The summed E-state index contributed by atoms with van der Waals surface area (Å²) in [7, 11) is 0. The number of nitrogens with zero attached hydrogens (tertiary/aromatic N) is 1. The Morgan fingerprint density at radius 1 is 1.18 bits per heavy atom. The van der Waals surface area contributed by atoms with Crippen molar-refractivity contribution in [3.05, 3.63) is 45.9 Å². The maximum absolute atomic E-state index is 13.7. The Morgan fingerprint density at radius 3 is 2.21 bits per heavy atom. The van der Waals surface area contributed by atoms with E-state index in [1.165, 1.54) is 32.0 Å². The molecule has 0 aliphatic rings. The molecule has 10 heteroatoms. The van der Waals surface area contributed by atoms with Crippen molar-refractivity contribution in [1.29, 1.82) is 0 Å². The number of anilines is 1. The minimum Gasteiger partial charge on any atom is -0.462 e. The minimum atomic E-state index is -4.85. The van der Waals surface area contributed by atoms with E-state index in [1.54, 1.807) is 6.92 Å². The number of rotatable bonds is 6. The Labute approximate surface area is 197 Å². The lowest BCUT2D eigenvalue weighted by Crippen LogP contribution is -2.25. The number of benzene rings is 2. The maximum atomic E-state index is 13.7. The van der Waals surface area contributed by atoms with Crippen molar-refractivity contribution >= 4 is 27.6 Å². The normalized spacial score (nSPS) is 10.5. The fraction of sp³-hybridized carbons (Fsp3) is 0.348. The summed E-state index contributed by atoms with van der Waals surface area (Å²) in [6.45, 7) is 5.57. The number of halogens is 6. The number of carbonyl (C=O) groups is 1. The molecule has 0 heterocycles. The molecule has 2 rings (SSSR count). The first-order valence-corrected chi connectivity index (χ1v) is 10.7. The lowest BCUT2D eigenvalue weighted by molar-refractivity contribution is -0.274. The topological polar surface area (TPSA) is 38.8 Å². The molecule has 4 nitrogen and oxygen atoms in total. The van der Waals surface area contributed by atoms with Crippen molar-refractivity contribution in [3.63, 3.8) is 0 Å². The SMILES string of the molecule is CC.CC#CN(c1c(C)c(-c2ccc(OC(F)(F)F)cc2)cc(C(=O)OCC)c1Br)C(F)F. The highest BCUT2D eigenvalue weighted by Gasteiger charge is 2.31. The lowest BCUT2D eigenvalue weighted by Gasteiger charge is -2.24. The Hall–Kier alpha value is -2.80. The highest BCUT2D eigenvalue weighted by atomic mass is 79.9. The monoisotopic (exact) mass is 535 g/mol. The van der Waals surface area contributed by atoms with Gasteiger partial charge in [-0.15, -0.1) is 13.2 Å². The molecule has 0 saturated heterocycles. The van der Waals surface area contributed by atoms with E-state index < -0.39 is 24.6 Å². The van der Waals surface area contributed by atoms with E-state index in [-0.39, 0.29) is 22.3 Å². The molecule has 0 aliphatic heterocycles. The fourth-order valence-electron chi connectivity index (χ4n) is 2.84. The first kappa shape index (κ1) is 28.2. The Morgan fingerprint density at radius 2 is 1.76 bits per heavy atom. The molecule has 0 atom stereocenters. The van der Waals surface area contributed by atoms with Gasteiger partial charge in [-0.2, -0.15) is 8.78 Å². The van der Waals surface area contributed by atoms with Crippen LogP contribution in [0.15, 0.2) is 34.8 Å². The predicted molar refractivity (Wildman–Crippen MR) is 120 cm³/mol. The molecule has 2 aromatic carbocycles. The summed E-state index contributed by atoms with van der Waals surface area (Å²) < 4.78 is 73.6. The highest BCUT2D eigenvalue weighted by Crippen LogP contribution is 2.41. The van der Waals surface area contributed by atoms with E-state index >= 15 is 0 Å². The molecule has 0 amide bonds. The van der Waals surface area contributed by atoms with Gasteiger partial charge in [0, 0.05) is 6.04 Å². The highest BCUT2D eigenvalue weighted by molar-refractivity contribution is 9.10. The summed E-state index contributed by atoms with van der Waals surface area (Å²) in [6, 6.07) is 8.55. The van der Waals surface area contributed by atoms with Crippen LogP contribution in [0.5, 0.6) is 5.75 Å². The van der Waals surface area contributed by atoms with Gasteiger partial charge in [0.05, 0.1) is 22.3 Å². The molecule has 2 aromatic rings. The van der Waals surface area contributed by atoms with Crippen LogP contribution >= 0.6 is 15.9 Å². The number of alkyl halides is 5. The molecule has 0 spiro atoms. The van der Waals surface area contributed by atoms with E-state index in [1.807, 2.05) is 13.8 Å². The van der Waals surface area contributed by atoms with Gasteiger partial charge in [-0.05, 0) is 71.6 Å². The maximum Gasteiger partial charge on any atom is 0.573 e. The second kappa shape index (κ2) is 12.4. The van der Waals surface area contributed by atoms with Crippen LogP contribution in [-0.4, -0.2) is 25.5 Å². The van der Waals surface area contributed by atoms with Crippen LogP contribution in [0.2, 0.25) is 0 Å². The molecule has 0 saturated carbocycles.